The van der Waals surface area contributed by atoms with E-state index in [9.17, 15) is 4.79 Å². The molecule has 1 amide bonds. The van der Waals surface area contributed by atoms with Crippen LogP contribution in [0.3, 0.4) is 0 Å². The minimum Gasteiger partial charge on any atom is -0.342 e. The Labute approximate surface area is 79.5 Å². The fourth-order valence-electron chi connectivity index (χ4n) is 2.11. The zero-order chi connectivity index (χ0) is 9.26. The Morgan fingerprint density at radius 3 is 2.62 bits per heavy atom. The zero-order valence-electron chi connectivity index (χ0n) is 8.25. The van der Waals surface area contributed by atoms with E-state index < -0.39 is 0 Å². The van der Waals surface area contributed by atoms with E-state index in [0.717, 1.165) is 19.5 Å². The largest absolute Gasteiger partial charge is 0.342 e. The topological polar surface area (TPSA) is 32.3 Å². The van der Waals surface area contributed by atoms with E-state index in [-0.39, 0.29) is 5.92 Å². The highest BCUT2D eigenvalue weighted by molar-refractivity contribution is 5.79. The zero-order valence-corrected chi connectivity index (χ0v) is 8.25. The van der Waals surface area contributed by atoms with Crippen LogP contribution in [0, 0.1) is 5.92 Å². The fraction of sp³-hybridized carbons (Fsp3) is 0.900. The molecule has 0 unspecified atom stereocenters. The molecule has 0 aromatic heterocycles. The Kier molecular flexibility index (Phi) is 2.54. The summed E-state index contributed by atoms with van der Waals surface area (Å²) in [6.45, 7) is 1.89. The van der Waals surface area contributed by atoms with Crippen LogP contribution in [-0.2, 0) is 4.79 Å². The number of hydrogen-bond donors (Lipinski definition) is 1. The number of nitrogens with zero attached hydrogens (tertiary/aromatic N) is 1. The molecule has 0 radical (unpaired) electrons. The molecular formula is C10H18N2O. The number of nitrogens with one attached hydrogen (secondary N) is 1. The summed E-state index contributed by atoms with van der Waals surface area (Å²) in [7, 11) is 1.96. The summed E-state index contributed by atoms with van der Waals surface area (Å²) in [6, 6.07) is 0.549. The van der Waals surface area contributed by atoms with Gasteiger partial charge in [0.15, 0.2) is 0 Å². The predicted octanol–water partition coefficient (Wildman–Crippen LogP) is 0.607. The average Bonchev–Trinajstić information content (AvgIpc) is 2.51. The maximum atomic E-state index is 11.9. The summed E-state index contributed by atoms with van der Waals surface area (Å²) in [5, 5.41) is 3.24. The summed E-state index contributed by atoms with van der Waals surface area (Å²) in [5.74, 6) is 0.611. The van der Waals surface area contributed by atoms with Crippen molar-refractivity contribution in [1.29, 1.82) is 0 Å². The van der Waals surface area contributed by atoms with Crippen LogP contribution >= 0.6 is 0 Å². The second-order valence-corrected chi connectivity index (χ2v) is 4.22. The van der Waals surface area contributed by atoms with Crippen LogP contribution in [0.2, 0.25) is 0 Å². The first kappa shape index (κ1) is 9.00. The van der Waals surface area contributed by atoms with Crippen molar-refractivity contribution in [3.05, 3.63) is 0 Å². The molecule has 2 aliphatic rings. The molecule has 1 saturated heterocycles. The lowest BCUT2D eigenvalue weighted by Crippen LogP contribution is -2.44. The fourth-order valence-corrected chi connectivity index (χ4v) is 2.11. The van der Waals surface area contributed by atoms with Gasteiger partial charge in [-0.2, -0.15) is 0 Å². The van der Waals surface area contributed by atoms with Gasteiger partial charge in [-0.25, -0.2) is 0 Å². The molecule has 13 heavy (non-hydrogen) atoms. The van der Waals surface area contributed by atoms with Gasteiger partial charge in [0, 0.05) is 19.6 Å². The SMILES string of the molecule is CN(C(=O)[C@H]1CCNC1)C1CCC1. The summed E-state index contributed by atoms with van der Waals surface area (Å²) in [5.41, 5.74) is 0. The van der Waals surface area contributed by atoms with Crippen molar-refractivity contribution in [2.75, 3.05) is 20.1 Å². The number of rotatable bonds is 2. The van der Waals surface area contributed by atoms with E-state index >= 15 is 0 Å². The number of carbonyl (C=O) groups excluding carboxylic acids is 1. The first-order valence-corrected chi connectivity index (χ1v) is 5.26. The summed E-state index contributed by atoms with van der Waals surface area (Å²) < 4.78 is 0. The number of amides is 1. The van der Waals surface area contributed by atoms with Crippen molar-refractivity contribution in [1.82, 2.24) is 10.2 Å². The van der Waals surface area contributed by atoms with Crippen LogP contribution < -0.4 is 5.32 Å². The van der Waals surface area contributed by atoms with Crippen LogP contribution in [-0.4, -0.2) is 37.0 Å². The maximum absolute atomic E-state index is 11.9. The maximum Gasteiger partial charge on any atom is 0.227 e. The standard InChI is InChI=1S/C10H18N2O/c1-12(9-3-2-4-9)10(13)8-5-6-11-7-8/h8-9,11H,2-7H2,1H3/t8-/m0/s1. The van der Waals surface area contributed by atoms with Crippen LogP contribution in [0.4, 0.5) is 0 Å². The van der Waals surface area contributed by atoms with E-state index in [2.05, 4.69) is 5.32 Å². The molecule has 3 heteroatoms. The van der Waals surface area contributed by atoms with Crippen molar-refractivity contribution in [2.24, 2.45) is 5.92 Å². The van der Waals surface area contributed by atoms with Gasteiger partial charge in [-0.3, -0.25) is 4.79 Å². The highest BCUT2D eigenvalue weighted by Crippen LogP contribution is 2.25. The average molecular weight is 182 g/mol. The Morgan fingerprint density at radius 1 is 1.38 bits per heavy atom. The van der Waals surface area contributed by atoms with Gasteiger partial charge in [-0.15, -0.1) is 0 Å². The van der Waals surface area contributed by atoms with Gasteiger partial charge in [0.05, 0.1) is 5.92 Å². The van der Waals surface area contributed by atoms with Crippen LogP contribution in [0.15, 0.2) is 0 Å². The number of hydrogen-bond acceptors (Lipinski definition) is 2. The lowest BCUT2D eigenvalue weighted by molar-refractivity contribution is -0.137. The highest BCUT2D eigenvalue weighted by atomic mass is 16.2. The molecule has 3 nitrogen and oxygen atoms in total. The molecule has 1 aliphatic heterocycles. The van der Waals surface area contributed by atoms with Crippen molar-refractivity contribution < 1.29 is 4.79 Å². The minimum atomic E-state index is 0.255. The Morgan fingerprint density at radius 2 is 2.15 bits per heavy atom. The Hall–Kier alpha value is -0.570. The van der Waals surface area contributed by atoms with Gasteiger partial charge < -0.3 is 10.2 Å². The minimum absolute atomic E-state index is 0.255. The molecule has 0 aromatic rings. The highest BCUT2D eigenvalue weighted by Gasteiger charge is 2.31. The third-order valence-electron chi connectivity index (χ3n) is 3.38. The van der Waals surface area contributed by atoms with Gasteiger partial charge in [0.2, 0.25) is 5.91 Å². The van der Waals surface area contributed by atoms with Gasteiger partial charge in [0.1, 0.15) is 0 Å². The van der Waals surface area contributed by atoms with Crippen LogP contribution in [0.5, 0.6) is 0 Å². The number of carbonyl (C=O) groups is 1. The molecule has 1 saturated carbocycles. The van der Waals surface area contributed by atoms with Gasteiger partial charge in [-0.05, 0) is 32.2 Å². The lowest BCUT2D eigenvalue weighted by Gasteiger charge is -2.36. The monoisotopic (exact) mass is 182 g/mol. The third-order valence-corrected chi connectivity index (χ3v) is 3.38. The Balaban J connectivity index is 1.87. The molecule has 0 aromatic carbocycles. The van der Waals surface area contributed by atoms with Gasteiger partial charge >= 0.3 is 0 Å². The van der Waals surface area contributed by atoms with E-state index in [0.29, 0.717) is 11.9 Å². The summed E-state index contributed by atoms with van der Waals surface area (Å²) in [6.07, 6.45) is 4.74. The molecule has 0 spiro atoms. The van der Waals surface area contributed by atoms with Crippen molar-refractivity contribution in [2.45, 2.75) is 31.7 Å². The molecular weight excluding hydrogens is 164 g/mol. The molecule has 1 atom stereocenters. The molecule has 2 rings (SSSR count). The van der Waals surface area contributed by atoms with Gasteiger partial charge in [-0.1, -0.05) is 0 Å². The summed E-state index contributed by atoms with van der Waals surface area (Å²) in [4.78, 5) is 13.8. The molecule has 74 valence electrons. The van der Waals surface area contributed by atoms with E-state index in [4.69, 9.17) is 0 Å². The molecule has 0 bridgehead atoms. The third kappa shape index (κ3) is 1.70. The second-order valence-electron chi connectivity index (χ2n) is 4.22. The second kappa shape index (κ2) is 3.66. The van der Waals surface area contributed by atoms with Crippen LogP contribution in [0.1, 0.15) is 25.7 Å². The smallest absolute Gasteiger partial charge is 0.227 e. The van der Waals surface area contributed by atoms with Gasteiger partial charge in [0.25, 0.3) is 0 Å². The van der Waals surface area contributed by atoms with Crippen molar-refractivity contribution in [3.63, 3.8) is 0 Å². The molecule has 1 heterocycles. The first-order chi connectivity index (χ1) is 6.29. The normalized spacial score (nSPS) is 28.5. The summed E-state index contributed by atoms with van der Waals surface area (Å²) >= 11 is 0. The van der Waals surface area contributed by atoms with Crippen molar-refractivity contribution in [3.8, 4) is 0 Å². The van der Waals surface area contributed by atoms with Crippen LogP contribution in [0.25, 0.3) is 0 Å². The molecule has 2 fully saturated rings. The van der Waals surface area contributed by atoms with E-state index in [1.165, 1.54) is 19.3 Å². The molecule has 1 aliphatic carbocycles. The van der Waals surface area contributed by atoms with E-state index in [1.807, 2.05) is 11.9 Å². The predicted molar refractivity (Wildman–Crippen MR) is 51.4 cm³/mol. The van der Waals surface area contributed by atoms with E-state index in [1.54, 1.807) is 0 Å². The van der Waals surface area contributed by atoms with Crippen molar-refractivity contribution >= 4 is 5.91 Å². The molecule has 1 N–H and O–H groups in total. The quantitative estimate of drug-likeness (QED) is 0.678. The first-order valence-electron chi connectivity index (χ1n) is 5.26. The lowest BCUT2D eigenvalue weighted by atomic mass is 9.91. The Bertz CT molecular complexity index is 195.